The highest BCUT2D eigenvalue weighted by Crippen LogP contribution is 2.28. The van der Waals surface area contributed by atoms with E-state index in [2.05, 4.69) is 21.4 Å². The number of hydrogen-bond donors (Lipinski definition) is 2. The van der Waals surface area contributed by atoms with Gasteiger partial charge in [-0.15, -0.1) is 0 Å². The van der Waals surface area contributed by atoms with E-state index in [0.717, 1.165) is 10.0 Å². The fourth-order valence-corrected chi connectivity index (χ4v) is 2.30. The molecule has 0 aliphatic heterocycles. The third kappa shape index (κ3) is 3.12. The Morgan fingerprint density at radius 1 is 1.26 bits per heavy atom. The minimum Gasteiger partial charge on any atom is -0.497 e. The van der Waals surface area contributed by atoms with E-state index in [-0.39, 0.29) is 5.82 Å². The molecule has 0 spiro atoms. The Bertz CT molecular complexity index is 577. The highest BCUT2D eigenvalue weighted by molar-refractivity contribution is 9.10. The van der Waals surface area contributed by atoms with Gasteiger partial charge in [-0.3, -0.25) is 5.84 Å². The summed E-state index contributed by atoms with van der Waals surface area (Å²) in [4.78, 5) is 0. The van der Waals surface area contributed by atoms with Crippen molar-refractivity contribution in [2.45, 2.75) is 6.04 Å². The van der Waals surface area contributed by atoms with E-state index in [4.69, 9.17) is 10.6 Å². The van der Waals surface area contributed by atoms with Crippen LogP contribution in [0.25, 0.3) is 0 Å². The van der Waals surface area contributed by atoms with Gasteiger partial charge in [-0.25, -0.2) is 9.82 Å². The van der Waals surface area contributed by atoms with Crippen LogP contribution < -0.4 is 16.0 Å². The maximum absolute atomic E-state index is 13.9. The molecular weight excluding hydrogens is 311 g/mol. The average molecular weight is 325 g/mol. The van der Waals surface area contributed by atoms with E-state index in [1.54, 1.807) is 19.2 Å². The Labute approximate surface area is 119 Å². The first-order valence-electron chi connectivity index (χ1n) is 5.70. The van der Waals surface area contributed by atoms with Crippen LogP contribution in [0.2, 0.25) is 0 Å². The molecular formula is C14H14BrFN2O. The van der Waals surface area contributed by atoms with Crippen molar-refractivity contribution in [2.75, 3.05) is 7.11 Å². The summed E-state index contributed by atoms with van der Waals surface area (Å²) < 4.78 is 19.9. The van der Waals surface area contributed by atoms with Gasteiger partial charge < -0.3 is 4.74 Å². The van der Waals surface area contributed by atoms with Crippen molar-refractivity contribution in [1.29, 1.82) is 0 Å². The molecule has 0 saturated heterocycles. The summed E-state index contributed by atoms with van der Waals surface area (Å²) in [5.41, 5.74) is 3.95. The number of benzene rings is 2. The SMILES string of the molecule is COc1cccc(C(NN)c2cc(Br)ccc2F)c1. The zero-order valence-corrected chi connectivity index (χ0v) is 11.9. The number of hydrazine groups is 1. The van der Waals surface area contributed by atoms with Crippen LogP contribution in [-0.4, -0.2) is 7.11 Å². The predicted octanol–water partition coefficient (Wildman–Crippen LogP) is 3.15. The Morgan fingerprint density at radius 2 is 2.05 bits per heavy atom. The second-order valence-corrected chi connectivity index (χ2v) is 4.96. The van der Waals surface area contributed by atoms with Crippen LogP contribution in [0.4, 0.5) is 4.39 Å². The van der Waals surface area contributed by atoms with Crippen molar-refractivity contribution in [3.63, 3.8) is 0 Å². The molecule has 2 aromatic rings. The summed E-state index contributed by atoms with van der Waals surface area (Å²) in [6.07, 6.45) is 0. The summed E-state index contributed by atoms with van der Waals surface area (Å²) in [6.45, 7) is 0. The Balaban J connectivity index is 2.46. The molecule has 5 heteroatoms. The van der Waals surface area contributed by atoms with Gasteiger partial charge in [-0.2, -0.15) is 0 Å². The Kier molecular flexibility index (Phi) is 4.52. The summed E-state index contributed by atoms with van der Waals surface area (Å²) >= 11 is 3.33. The van der Waals surface area contributed by atoms with Gasteiger partial charge in [0.25, 0.3) is 0 Å². The van der Waals surface area contributed by atoms with Gasteiger partial charge in [0, 0.05) is 10.0 Å². The second-order valence-electron chi connectivity index (χ2n) is 4.04. The molecule has 0 aliphatic carbocycles. The van der Waals surface area contributed by atoms with Crippen LogP contribution in [0.5, 0.6) is 5.75 Å². The van der Waals surface area contributed by atoms with Crippen molar-refractivity contribution in [3.05, 3.63) is 63.9 Å². The zero-order chi connectivity index (χ0) is 13.8. The van der Waals surface area contributed by atoms with Crippen molar-refractivity contribution in [1.82, 2.24) is 5.43 Å². The molecule has 0 bridgehead atoms. The van der Waals surface area contributed by atoms with Gasteiger partial charge in [0.05, 0.1) is 13.2 Å². The molecule has 1 atom stereocenters. The zero-order valence-electron chi connectivity index (χ0n) is 10.4. The van der Waals surface area contributed by atoms with E-state index in [0.29, 0.717) is 11.3 Å². The number of methoxy groups -OCH3 is 1. The first-order chi connectivity index (χ1) is 9.15. The minimum absolute atomic E-state index is 0.311. The highest BCUT2D eigenvalue weighted by Gasteiger charge is 2.17. The molecule has 2 rings (SSSR count). The Hall–Kier alpha value is -1.43. The molecule has 3 N–H and O–H groups in total. The van der Waals surface area contributed by atoms with Gasteiger partial charge >= 0.3 is 0 Å². The predicted molar refractivity (Wildman–Crippen MR) is 76.3 cm³/mol. The van der Waals surface area contributed by atoms with Gasteiger partial charge in [0.2, 0.25) is 0 Å². The number of nitrogens with two attached hydrogens (primary N) is 1. The quantitative estimate of drug-likeness (QED) is 0.671. The molecule has 0 aliphatic rings. The molecule has 0 fully saturated rings. The van der Waals surface area contributed by atoms with Gasteiger partial charge in [-0.1, -0.05) is 28.1 Å². The number of hydrogen-bond acceptors (Lipinski definition) is 3. The van der Waals surface area contributed by atoms with E-state index >= 15 is 0 Å². The summed E-state index contributed by atoms with van der Waals surface area (Å²) in [5.74, 6) is 5.97. The van der Waals surface area contributed by atoms with Crippen LogP contribution in [0.1, 0.15) is 17.2 Å². The van der Waals surface area contributed by atoms with E-state index < -0.39 is 6.04 Å². The molecule has 0 aromatic heterocycles. The summed E-state index contributed by atoms with van der Waals surface area (Å²) in [7, 11) is 1.59. The lowest BCUT2D eigenvalue weighted by molar-refractivity contribution is 0.413. The first kappa shape index (κ1) is 14.0. The van der Waals surface area contributed by atoms with Gasteiger partial charge in [0.15, 0.2) is 0 Å². The normalized spacial score (nSPS) is 12.2. The lowest BCUT2D eigenvalue weighted by Crippen LogP contribution is -2.29. The van der Waals surface area contributed by atoms with Crippen LogP contribution in [0, 0.1) is 5.82 Å². The average Bonchev–Trinajstić information content (AvgIpc) is 2.44. The first-order valence-corrected chi connectivity index (χ1v) is 6.50. The van der Waals surface area contributed by atoms with E-state index in [1.165, 1.54) is 6.07 Å². The maximum atomic E-state index is 13.9. The topological polar surface area (TPSA) is 47.3 Å². The summed E-state index contributed by atoms with van der Waals surface area (Å²) in [6, 6.07) is 11.7. The number of nitrogens with one attached hydrogen (secondary N) is 1. The molecule has 3 nitrogen and oxygen atoms in total. The number of rotatable bonds is 4. The standard InChI is InChI=1S/C14H14BrFN2O/c1-19-11-4-2-3-9(7-11)14(18-17)12-8-10(15)5-6-13(12)16/h2-8,14,18H,17H2,1H3. The Morgan fingerprint density at radius 3 is 2.74 bits per heavy atom. The smallest absolute Gasteiger partial charge is 0.128 e. The van der Waals surface area contributed by atoms with E-state index in [1.807, 2.05) is 24.3 Å². The minimum atomic E-state index is -0.437. The fourth-order valence-electron chi connectivity index (χ4n) is 1.92. The molecule has 0 saturated carbocycles. The third-order valence-electron chi connectivity index (χ3n) is 2.86. The third-order valence-corrected chi connectivity index (χ3v) is 3.36. The van der Waals surface area contributed by atoms with Crippen LogP contribution in [-0.2, 0) is 0 Å². The molecule has 1 unspecified atom stereocenters. The van der Waals surface area contributed by atoms with Crippen molar-refractivity contribution >= 4 is 15.9 Å². The molecule has 0 radical (unpaired) electrons. The van der Waals surface area contributed by atoms with Gasteiger partial charge in [0.1, 0.15) is 11.6 Å². The van der Waals surface area contributed by atoms with Gasteiger partial charge in [-0.05, 0) is 35.9 Å². The molecule has 100 valence electrons. The van der Waals surface area contributed by atoms with E-state index in [9.17, 15) is 4.39 Å². The number of halogens is 2. The van der Waals surface area contributed by atoms with Crippen LogP contribution >= 0.6 is 15.9 Å². The summed E-state index contributed by atoms with van der Waals surface area (Å²) in [5, 5.41) is 0. The molecule has 2 aromatic carbocycles. The van der Waals surface area contributed by atoms with Crippen LogP contribution in [0.15, 0.2) is 46.9 Å². The fraction of sp³-hybridized carbons (Fsp3) is 0.143. The number of ether oxygens (including phenoxy) is 1. The lowest BCUT2D eigenvalue weighted by Gasteiger charge is -2.18. The monoisotopic (exact) mass is 324 g/mol. The van der Waals surface area contributed by atoms with Crippen molar-refractivity contribution in [2.24, 2.45) is 5.84 Å². The largest absolute Gasteiger partial charge is 0.497 e. The molecule has 0 heterocycles. The second kappa shape index (κ2) is 6.14. The maximum Gasteiger partial charge on any atom is 0.128 e. The molecule has 19 heavy (non-hydrogen) atoms. The molecule has 0 amide bonds. The highest BCUT2D eigenvalue weighted by atomic mass is 79.9. The lowest BCUT2D eigenvalue weighted by atomic mass is 9.98. The van der Waals surface area contributed by atoms with Crippen molar-refractivity contribution < 1.29 is 9.13 Å². The van der Waals surface area contributed by atoms with Crippen molar-refractivity contribution in [3.8, 4) is 5.75 Å². The van der Waals surface area contributed by atoms with Crippen LogP contribution in [0.3, 0.4) is 0 Å².